The van der Waals surface area contributed by atoms with Crippen LogP contribution in [0, 0.1) is 0 Å². The van der Waals surface area contributed by atoms with E-state index in [-0.39, 0.29) is 116 Å². The zero-order chi connectivity index (χ0) is 0. The van der Waals surface area contributed by atoms with E-state index < -0.39 is 0 Å². The maximum absolute atomic E-state index is 0. The molecule has 0 aromatic rings. The van der Waals surface area contributed by atoms with Crippen LogP contribution in [0.4, 0.5) is 0 Å². The summed E-state index contributed by atoms with van der Waals surface area (Å²) in [6.45, 7) is 0. The minimum atomic E-state index is 0. The first-order chi connectivity index (χ1) is 0. The minimum Gasteiger partial charge on any atom is 0 e. The predicted molar refractivity (Wildman–Crippen MR) is 28.4 cm³/mol. The summed E-state index contributed by atoms with van der Waals surface area (Å²) in [4.78, 5) is 0. The molecule has 0 aromatic heterocycles. The summed E-state index contributed by atoms with van der Waals surface area (Å²) in [5.74, 6) is 0. The van der Waals surface area contributed by atoms with Crippen LogP contribution in [0.25, 0.3) is 0 Å². The van der Waals surface area contributed by atoms with Crippen molar-refractivity contribution in [2.24, 2.45) is 0 Å². The Bertz CT molecular complexity index is 11.6. The summed E-state index contributed by atoms with van der Waals surface area (Å²) in [7, 11) is 0. The third-order valence-corrected chi connectivity index (χ3v) is 0. The molecule has 0 aliphatic heterocycles. The second kappa shape index (κ2) is 24.9. The third kappa shape index (κ3) is 18.2. The first kappa shape index (κ1) is 37.0. The first-order valence-electron chi connectivity index (χ1n) is 0. The molecule has 0 fully saturated rings. The Hall–Kier alpha value is 3.82. The van der Waals surface area contributed by atoms with E-state index in [0.29, 0.717) is 0 Å². The summed E-state index contributed by atoms with van der Waals surface area (Å²) < 4.78 is 0. The van der Waals surface area contributed by atoms with Crippen LogP contribution in [-0.2, 0) is 36.5 Å². The van der Waals surface area contributed by atoms with Crippen molar-refractivity contribution in [2.45, 2.75) is 0 Å². The van der Waals surface area contributed by atoms with Gasteiger partial charge < -0.3 is 0 Å². The largest absolute Gasteiger partial charge is 0 e. The topological polar surface area (TPSA) is 0 Å². The molecule has 0 unspecified atom stereocenters. The fourth-order valence-corrected chi connectivity index (χ4v) is 0. The zero-order valence-electron chi connectivity index (χ0n) is 2.42. The van der Waals surface area contributed by atoms with Crippen molar-refractivity contribution in [3.63, 3.8) is 0 Å². The first-order valence-corrected chi connectivity index (χ1v) is 0. The summed E-state index contributed by atoms with van der Waals surface area (Å²) in [6, 6.07) is 0. The van der Waals surface area contributed by atoms with Gasteiger partial charge in [0.1, 0.15) is 0 Å². The predicted octanol–water partition coefficient (Wildman–Crippen LogP) is -3.29. The maximum atomic E-state index is 0. The van der Waals surface area contributed by atoms with Gasteiger partial charge >= 0.3 is 79.3 Å². The molecule has 0 aromatic carbocycles. The molecule has 0 bridgehead atoms. The molecular weight excluding hydrogens is 660 g/mol. The van der Waals surface area contributed by atoms with Crippen LogP contribution in [-0.4, -0.2) is 79.3 Å². The van der Waals surface area contributed by atoms with Crippen LogP contribution in [0.1, 0.15) is 0 Å². The number of rotatable bonds is 0. The van der Waals surface area contributed by atoms with Gasteiger partial charge in [0.25, 0.3) is 0 Å². The van der Waals surface area contributed by atoms with E-state index >= 15 is 0 Å². The molecule has 33 valence electrons. The molecular formula is H8BiCuInPbZn. The van der Waals surface area contributed by atoms with E-state index in [9.17, 15) is 0 Å². The molecule has 0 atom stereocenters. The van der Waals surface area contributed by atoms with Gasteiger partial charge in [-0.05, 0) is 0 Å². The SMILES string of the molecule is [BiH3].[Cu].[InH3].[PbH2].[Zn]. The van der Waals surface area contributed by atoms with Crippen LogP contribution < -0.4 is 0 Å². The van der Waals surface area contributed by atoms with Gasteiger partial charge in [-0.3, -0.25) is 0 Å². The smallest absolute Gasteiger partial charge is 0 e. The second-order valence-electron chi connectivity index (χ2n) is 0. The molecule has 0 rings (SSSR count). The Balaban J connectivity index is 0. The normalized spacial score (nSPS) is 0. The Morgan fingerprint density at radius 3 is 1.00 bits per heavy atom. The summed E-state index contributed by atoms with van der Waals surface area (Å²) in [6.07, 6.45) is 0. The van der Waals surface area contributed by atoms with Crippen LogP contribution in [0.15, 0.2) is 0 Å². The number of hydrogen-bond acceptors (Lipinski definition) is 0. The van der Waals surface area contributed by atoms with Gasteiger partial charge in [0.05, 0.1) is 0 Å². The molecule has 0 amide bonds. The van der Waals surface area contributed by atoms with Crippen molar-refractivity contribution in [3.8, 4) is 0 Å². The Morgan fingerprint density at radius 1 is 1.00 bits per heavy atom. The van der Waals surface area contributed by atoms with E-state index in [1.807, 2.05) is 0 Å². The molecule has 3 radical (unpaired) electrons. The van der Waals surface area contributed by atoms with Gasteiger partial charge in [-0.25, -0.2) is 0 Å². The van der Waals surface area contributed by atoms with Gasteiger partial charge in [0.15, 0.2) is 0 Å². The van der Waals surface area contributed by atoms with Crippen molar-refractivity contribution in [1.82, 2.24) is 0 Å². The third-order valence-electron chi connectivity index (χ3n) is 0. The fraction of sp³-hybridized carbons (Fsp3) is 0. The monoisotopic (exact) mass is 667 g/mol. The van der Waals surface area contributed by atoms with Crippen LogP contribution in [0.5, 0.6) is 0 Å². The summed E-state index contributed by atoms with van der Waals surface area (Å²) >= 11 is 0. The van der Waals surface area contributed by atoms with Gasteiger partial charge in [0, 0.05) is 36.5 Å². The molecule has 5 heavy (non-hydrogen) atoms. The van der Waals surface area contributed by atoms with Crippen molar-refractivity contribution in [2.75, 3.05) is 0 Å². The molecule has 5 heteroatoms. The molecule has 0 aliphatic rings. The quantitative estimate of drug-likeness (QED) is 0.238. The van der Waals surface area contributed by atoms with Gasteiger partial charge in [-0.2, -0.15) is 0 Å². The van der Waals surface area contributed by atoms with Crippen molar-refractivity contribution >= 4 is 79.3 Å². The molecule has 0 nitrogen and oxygen atoms in total. The standard InChI is InChI=1S/Bi.Cu.In.Pb.Zn.8H. The van der Waals surface area contributed by atoms with Gasteiger partial charge in [-0.15, -0.1) is 0 Å². The Morgan fingerprint density at radius 2 is 1.00 bits per heavy atom. The van der Waals surface area contributed by atoms with Crippen molar-refractivity contribution < 1.29 is 36.5 Å². The van der Waals surface area contributed by atoms with E-state index in [1.54, 1.807) is 0 Å². The zero-order valence-corrected chi connectivity index (χ0v) is 17.3. The van der Waals surface area contributed by atoms with E-state index in [1.165, 1.54) is 0 Å². The van der Waals surface area contributed by atoms with E-state index in [2.05, 4.69) is 0 Å². The molecule has 0 aliphatic carbocycles. The van der Waals surface area contributed by atoms with Crippen LogP contribution in [0.3, 0.4) is 0 Å². The van der Waals surface area contributed by atoms with Gasteiger partial charge in [0.2, 0.25) is 0 Å². The van der Waals surface area contributed by atoms with E-state index in [4.69, 9.17) is 0 Å². The van der Waals surface area contributed by atoms with Crippen LogP contribution >= 0.6 is 0 Å². The van der Waals surface area contributed by atoms with Gasteiger partial charge in [-0.1, -0.05) is 0 Å². The Kier molecular flexibility index (Phi) is 184. The molecule has 0 N–H and O–H groups in total. The number of hydrogen-bond donors (Lipinski definition) is 0. The summed E-state index contributed by atoms with van der Waals surface area (Å²) in [5.41, 5.74) is 0. The molecule has 0 spiro atoms. The molecule has 0 saturated carbocycles. The average Bonchev–Trinajstić information content (AvgIpc) is 0. The fourth-order valence-electron chi connectivity index (χ4n) is 0. The minimum absolute atomic E-state index is 0. The average molecular weight is 668 g/mol. The Labute approximate surface area is 113 Å². The second-order valence-corrected chi connectivity index (χ2v) is 0. The molecule has 0 heterocycles. The van der Waals surface area contributed by atoms with Crippen molar-refractivity contribution in [3.05, 3.63) is 0 Å². The van der Waals surface area contributed by atoms with E-state index in [0.717, 1.165) is 0 Å². The molecule has 0 saturated heterocycles. The van der Waals surface area contributed by atoms with Crippen LogP contribution in [0.2, 0.25) is 0 Å². The van der Waals surface area contributed by atoms with Crippen molar-refractivity contribution in [1.29, 1.82) is 0 Å². The maximum Gasteiger partial charge on any atom is 0 e. The summed E-state index contributed by atoms with van der Waals surface area (Å²) in [5, 5.41) is 0.